The highest BCUT2D eigenvalue weighted by atomic mass is 16.5. The molecule has 1 fully saturated rings. The Hall–Kier alpha value is -2.21. The summed E-state index contributed by atoms with van der Waals surface area (Å²) < 4.78 is 5.48. The molecule has 0 bridgehead atoms. The van der Waals surface area contributed by atoms with Gasteiger partial charge in [0.25, 0.3) is 5.91 Å². The largest absolute Gasteiger partial charge is 0.377 e. The molecule has 1 atom stereocenters. The van der Waals surface area contributed by atoms with E-state index in [2.05, 4.69) is 5.10 Å². The fourth-order valence-electron chi connectivity index (χ4n) is 3.27. The second kappa shape index (κ2) is 7.35. The molecule has 1 aromatic carbocycles. The summed E-state index contributed by atoms with van der Waals surface area (Å²) in [5, 5.41) is 5.85. The monoisotopic (exact) mass is 343 g/mol. The number of rotatable bonds is 3. The highest BCUT2D eigenvalue weighted by Crippen LogP contribution is 2.26. The molecule has 0 N–H and O–H groups in total. The average Bonchev–Trinajstić information content (AvgIpc) is 2.63. The van der Waals surface area contributed by atoms with Crippen molar-refractivity contribution in [3.05, 3.63) is 29.3 Å². The molecule has 2 heterocycles. The van der Waals surface area contributed by atoms with Crippen molar-refractivity contribution in [2.75, 3.05) is 24.8 Å². The van der Waals surface area contributed by atoms with Gasteiger partial charge < -0.3 is 9.64 Å². The number of nitrogens with zero attached hydrogens (tertiary/aromatic N) is 3. The van der Waals surface area contributed by atoms with E-state index in [9.17, 15) is 9.59 Å². The minimum absolute atomic E-state index is 0.0701. The predicted molar refractivity (Wildman–Crippen MR) is 96.7 cm³/mol. The van der Waals surface area contributed by atoms with Crippen LogP contribution in [0, 0.1) is 13.8 Å². The first-order valence-electron chi connectivity index (χ1n) is 8.87. The highest BCUT2D eigenvalue weighted by molar-refractivity contribution is 6.40. The molecule has 6 heteroatoms. The number of benzene rings is 1. The Kier molecular flexibility index (Phi) is 5.18. The minimum Gasteiger partial charge on any atom is -0.377 e. The third-order valence-electron chi connectivity index (χ3n) is 4.83. The van der Waals surface area contributed by atoms with Gasteiger partial charge in [-0.25, -0.2) is 5.01 Å². The van der Waals surface area contributed by atoms with Crippen molar-refractivity contribution < 1.29 is 14.3 Å². The summed E-state index contributed by atoms with van der Waals surface area (Å²) in [7, 11) is 0. The molecule has 1 saturated heterocycles. The predicted octanol–water partition coefficient (Wildman–Crippen LogP) is 2.42. The molecule has 1 aromatic rings. The van der Waals surface area contributed by atoms with Gasteiger partial charge in [0.05, 0.1) is 24.9 Å². The number of morpholine rings is 1. The molecular formula is C19H25N3O3. The van der Waals surface area contributed by atoms with E-state index >= 15 is 0 Å². The number of hydrazone groups is 1. The van der Waals surface area contributed by atoms with E-state index in [0.717, 1.165) is 23.2 Å². The summed E-state index contributed by atoms with van der Waals surface area (Å²) in [5.74, 6) is -0.141. The molecule has 1 unspecified atom stereocenters. The van der Waals surface area contributed by atoms with Gasteiger partial charge in [-0.3, -0.25) is 9.59 Å². The van der Waals surface area contributed by atoms with E-state index < -0.39 is 0 Å². The van der Waals surface area contributed by atoms with E-state index in [1.165, 1.54) is 5.01 Å². The maximum atomic E-state index is 13.0. The number of anilines is 1. The number of ether oxygens (including phenoxy) is 1. The lowest BCUT2D eigenvalue weighted by molar-refractivity contribution is -0.132. The van der Waals surface area contributed by atoms with E-state index in [1.807, 2.05) is 43.9 Å². The number of aryl methyl sites for hydroxylation is 2. The molecule has 2 aliphatic heterocycles. The van der Waals surface area contributed by atoms with Gasteiger partial charge in [-0.05, 0) is 37.5 Å². The van der Waals surface area contributed by atoms with Gasteiger partial charge in [0.1, 0.15) is 5.71 Å². The van der Waals surface area contributed by atoms with Crippen LogP contribution in [-0.4, -0.2) is 48.2 Å². The van der Waals surface area contributed by atoms with Crippen LogP contribution in [0.3, 0.4) is 0 Å². The van der Waals surface area contributed by atoms with Crippen LogP contribution in [0.1, 0.15) is 37.3 Å². The van der Waals surface area contributed by atoms with Crippen LogP contribution in [0.5, 0.6) is 0 Å². The highest BCUT2D eigenvalue weighted by Gasteiger charge is 2.32. The summed E-state index contributed by atoms with van der Waals surface area (Å²) in [6, 6.07) is 5.99. The SMILES string of the molecule is CCC1COCCN1C(=O)C1=NN(c2cc(C)ccc2C)C(=O)CC1. The normalized spacial score (nSPS) is 21.3. The zero-order valence-corrected chi connectivity index (χ0v) is 15.1. The fraction of sp³-hybridized carbons (Fsp3) is 0.526. The Balaban J connectivity index is 1.90. The fourth-order valence-corrected chi connectivity index (χ4v) is 3.27. The summed E-state index contributed by atoms with van der Waals surface area (Å²) >= 11 is 0. The molecule has 6 nitrogen and oxygen atoms in total. The summed E-state index contributed by atoms with van der Waals surface area (Å²) in [6.45, 7) is 7.67. The van der Waals surface area contributed by atoms with Gasteiger partial charge in [0, 0.05) is 19.4 Å². The zero-order valence-electron chi connectivity index (χ0n) is 15.1. The molecule has 25 heavy (non-hydrogen) atoms. The third-order valence-corrected chi connectivity index (χ3v) is 4.83. The van der Waals surface area contributed by atoms with E-state index in [0.29, 0.717) is 38.3 Å². The van der Waals surface area contributed by atoms with Crippen LogP contribution < -0.4 is 5.01 Å². The lowest BCUT2D eigenvalue weighted by Gasteiger charge is -2.36. The molecule has 2 amide bonds. The Bertz CT molecular complexity index is 714. The zero-order chi connectivity index (χ0) is 18.0. The van der Waals surface area contributed by atoms with Gasteiger partial charge in [-0.1, -0.05) is 19.1 Å². The minimum atomic E-state index is -0.0713. The maximum absolute atomic E-state index is 13.0. The van der Waals surface area contributed by atoms with Gasteiger partial charge in [0.2, 0.25) is 5.91 Å². The Labute approximate surface area is 148 Å². The van der Waals surface area contributed by atoms with E-state index in [-0.39, 0.29) is 17.9 Å². The van der Waals surface area contributed by atoms with Crippen molar-refractivity contribution in [2.45, 2.75) is 46.1 Å². The van der Waals surface area contributed by atoms with Crippen LogP contribution in [0.15, 0.2) is 23.3 Å². The molecular weight excluding hydrogens is 318 g/mol. The van der Waals surface area contributed by atoms with Crippen molar-refractivity contribution in [1.82, 2.24) is 4.90 Å². The molecule has 134 valence electrons. The van der Waals surface area contributed by atoms with Gasteiger partial charge in [-0.15, -0.1) is 0 Å². The molecule has 3 rings (SSSR count). The topological polar surface area (TPSA) is 62.2 Å². The van der Waals surface area contributed by atoms with Crippen molar-refractivity contribution in [2.24, 2.45) is 5.10 Å². The molecule has 0 saturated carbocycles. The molecule has 0 aliphatic carbocycles. The van der Waals surface area contributed by atoms with Crippen molar-refractivity contribution >= 4 is 23.2 Å². The van der Waals surface area contributed by atoms with Crippen molar-refractivity contribution in [3.63, 3.8) is 0 Å². The second-order valence-corrected chi connectivity index (χ2v) is 6.68. The van der Waals surface area contributed by atoms with Crippen LogP contribution in [0.25, 0.3) is 0 Å². The standard InChI is InChI=1S/C19H25N3O3/c1-4-15-12-25-10-9-21(15)19(24)16-7-8-18(23)22(20-16)17-11-13(2)5-6-14(17)3/h5-6,11,15H,4,7-10,12H2,1-3H3. The Morgan fingerprint density at radius 1 is 1.32 bits per heavy atom. The van der Waals surface area contributed by atoms with Gasteiger partial charge in [0.15, 0.2) is 0 Å². The third kappa shape index (κ3) is 3.58. The number of carbonyl (C=O) groups is 2. The first-order valence-corrected chi connectivity index (χ1v) is 8.87. The van der Waals surface area contributed by atoms with Crippen LogP contribution >= 0.6 is 0 Å². The number of amides is 2. The lowest BCUT2D eigenvalue weighted by atomic mass is 10.1. The average molecular weight is 343 g/mol. The van der Waals surface area contributed by atoms with E-state index in [4.69, 9.17) is 4.74 Å². The first-order chi connectivity index (χ1) is 12.0. The number of hydrogen-bond acceptors (Lipinski definition) is 4. The van der Waals surface area contributed by atoms with Crippen LogP contribution in [-0.2, 0) is 14.3 Å². The Morgan fingerprint density at radius 2 is 2.12 bits per heavy atom. The van der Waals surface area contributed by atoms with Crippen LogP contribution in [0.2, 0.25) is 0 Å². The molecule has 0 radical (unpaired) electrons. The number of carbonyl (C=O) groups excluding carboxylic acids is 2. The van der Waals surface area contributed by atoms with Crippen LogP contribution in [0.4, 0.5) is 5.69 Å². The summed E-state index contributed by atoms with van der Waals surface area (Å²) in [6.07, 6.45) is 1.55. The molecule has 0 aromatic heterocycles. The van der Waals surface area contributed by atoms with Gasteiger partial charge >= 0.3 is 0 Å². The number of hydrogen-bond donors (Lipinski definition) is 0. The van der Waals surface area contributed by atoms with Crippen molar-refractivity contribution in [3.8, 4) is 0 Å². The Morgan fingerprint density at radius 3 is 2.88 bits per heavy atom. The maximum Gasteiger partial charge on any atom is 0.270 e. The molecule has 2 aliphatic rings. The quantitative estimate of drug-likeness (QED) is 0.847. The van der Waals surface area contributed by atoms with Crippen molar-refractivity contribution in [1.29, 1.82) is 0 Å². The summed E-state index contributed by atoms with van der Waals surface area (Å²) in [5.41, 5.74) is 3.24. The lowest BCUT2D eigenvalue weighted by Crippen LogP contribution is -2.52. The molecule has 0 spiro atoms. The second-order valence-electron chi connectivity index (χ2n) is 6.68. The van der Waals surface area contributed by atoms with E-state index in [1.54, 1.807) is 0 Å². The first kappa shape index (κ1) is 17.6. The van der Waals surface area contributed by atoms with Gasteiger partial charge in [-0.2, -0.15) is 5.10 Å². The summed E-state index contributed by atoms with van der Waals surface area (Å²) in [4.78, 5) is 27.2. The smallest absolute Gasteiger partial charge is 0.270 e.